The maximum atomic E-state index is 12.3. The molecule has 8 nitrogen and oxygen atoms in total. The number of fused-ring (bicyclic) bond motifs is 1. The van der Waals surface area contributed by atoms with Gasteiger partial charge in [-0.1, -0.05) is 19.2 Å². The summed E-state index contributed by atoms with van der Waals surface area (Å²) in [5.74, 6) is -3.12. The number of allylic oxidation sites excluding steroid dienone is 1. The van der Waals surface area contributed by atoms with Crippen LogP contribution in [0.3, 0.4) is 0 Å². The number of ether oxygens (including phenoxy) is 3. The number of aldehydes is 1. The molecule has 8 heteroatoms. The molecule has 0 radical (unpaired) electrons. The number of rotatable bonds is 5. The van der Waals surface area contributed by atoms with Crippen molar-refractivity contribution in [3.05, 3.63) is 47.6 Å². The summed E-state index contributed by atoms with van der Waals surface area (Å²) in [4.78, 5) is 48.0. The number of aliphatic hydroxyl groups is 1. The van der Waals surface area contributed by atoms with Gasteiger partial charge in [-0.15, -0.1) is 0 Å². The van der Waals surface area contributed by atoms with Crippen LogP contribution in [0.5, 0.6) is 0 Å². The monoisotopic (exact) mass is 404 g/mol. The molecule has 2 rings (SSSR count). The minimum atomic E-state index is -1.27. The van der Waals surface area contributed by atoms with E-state index in [4.69, 9.17) is 14.2 Å². The Hall–Kier alpha value is -3.00. The third-order valence-corrected chi connectivity index (χ3v) is 4.71. The normalized spacial score (nSPS) is 30.6. The molecule has 29 heavy (non-hydrogen) atoms. The Morgan fingerprint density at radius 2 is 2.03 bits per heavy atom. The van der Waals surface area contributed by atoms with Gasteiger partial charge in [-0.3, -0.25) is 9.59 Å². The van der Waals surface area contributed by atoms with Crippen LogP contribution in [0.4, 0.5) is 0 Å². The van der Waals surface area contributed by atoms with Gasteiger partial charge in [0.25, 0.3) is 0 Å². The molecule has 0 aromatic carbocycles. The van der Waals surface area contributed by atoms with Crippen LogP contribution in [0.1, 0.15) is 26.7 Å². The van der Waals surface area contributed by atoms with Gasteiger partial charge in [-0.25, -0.2) is 9.59 Å². The summed E-state index contributed by atoms with van der Waals surface area (Å²) >= 11 is 0. The second-order valence-corrected chi connectivity index (χ2v) is 6.94. The van der Waals surface area contributed by atoms with Crippen LogP contribution in [0.15, 0.2) is 47.6 Å². The highest BCUT2D eigenvalue weighted by atomic mass is 16.6. The van der Waals surface area contributed by atoms with Gasteiger partial charge in [0.1, 0.15) is 12.4 Å². The first-order valence-electron chi connectivity index (χ1n) is 9.08. The Morgan fingerprint density at radius 1 is 1.34 bits per heavy atom. The van der Waals surface area contributed by atoms with Gasteiger partial charge in [-0.05, 0) is 31.4 Å². The summed E-state index contributed by atoms with van der Waals surface area (Å²) in [5.41, 5.74) is 0.745. The molecule has 1 aliphatic carbocycles. The summed E-state index contributed by atoms with van der Waals surface area (Å²) in [7, 11) is 0. The summed E-state index contributed by atoms with van der Waals surface area (Å²) in [6.07, 6.45) is 0.932. The van der Waals surface area contributed by atoms with E-state index in [1.54, 1.807) is 12.2 Å². The van der Waals surface area contributed by atoms with Crippen molar-refractivity contribution in [2.45, 2.75) is 45.0 Å². The molecule has 0 bridgehead atoms. The smallest absolute Gasteiger partial charge is 0.334 e. The van der Waals surface area contributed by atoms with Crippen molar-refractivity contribution in [1.29, 1.82) is 0 Å². The van der Waals surface area contributed by atoms with Crippen LogP contribution in [0.25, 0.3) is 0 Å². The van der Waals surface area contributed by atoms with Crippen molar-refractivity contribution in [3.8, 4) is 0 Å². The van der Waals surface area contributed by atoms with Gasteiger partial charge >= 0.3 is 17.9 Å². The zero-order valence-electron chi connectivity index (χ0n) is 16.4. The molecule has 0 amide bonds. The molecule has 0 aromatic rings. The van der Waals surface area contributed by atoms with E-state index in [-0.39, 0.29) is 23.3 Å². The third-order valence-electron chi connectivity index (χ3n) is 4.71. The first kappa shape index (κ1) is 22.3. The number of carbonyl (C=O) groups excluding carboxylic acids is 4. The van der Waals surface area contributed by atoms with E-state index in [1.165, 1.54) is 6.92 Å². The molecule has 0 unspecified atom stereocenters. The lowest BCUT2D eigenvalue weighted by molar-refractivity contribution is -0.166. The van der Waals surface area contributed by atoms with E-state index in [9.17, 15) is 24.3 Å². The SMILES string of the molecule is C=C(C)C(=O)O[C@@H]1[C@H]2C(=C)C(=O)O[C@H]2/C=C(\CO)CC/C=C(/C=O)[C@@H]1OC(C)=O. The number of aliphatic hydroxyl groups excluding tert-OH is 1. The van der Waals surface area contributed by atoms with Gasteiger partial charge in [-0.2, -0.15) is 0 Å². The Labute approximate surface area is 168 Å². The molecule has 1 N–H and O–H groups in total. The summed E-state index contributed by atoms with van der Waals surface area (Å²) < 4.78 is 16.2. The van der Waals surface area contributed by atoms with Crippen LogP contribution in [0, 0.1) is 5.92 Å². The molecule has 1 aliphatic heterocycles. The fourth-order valence-corrected chi connectivity index (χ4v) is 3.28. The van der Waals surface area contributed by atoms with Crippen molar-refractivity contribution in [2.24, 2.45) is 5.92 Å². The molecule has 2 aliphatic rings. The largest absolute Gasteiger partial charge is 0.454 e. The Balaban J connectivity index is 2.65. The number of hydrogen-bond donors (Lipinski definition) is 1. The molecular formula is C21H24O8. The maximum absolute atomic E-state index is 12.3. The number of esters is 3. The molecule has 0 saturated carbocycles. The predicted octanol–water partition coefficient (Wildman–Crippen LogP) is 1.34. The van der Waals surface area contributed by atoms with Crippen LogP contribution in [-0.4, -0.2) is 54.2 Å². The van der Waals surface area contributed by atoms with Gasteiger partial charge in [0.05, 0.1) is 12.5 Å². The molecule has 1 saturated heterocycles. The van der Waals surface area contributed by atoms with Crippen LogP contribution >= 0.6 is 0 Å². The molecule has 1 heterocycles. The highest BCUT2D eigenvalue weighted by molar-refractivity contribution is 5.92. The zero-order chi connectivity index (χ0) is 21.7. The van der Waals surface area contributed by atoms with E-state index >= 15 is 0 Å². The van der Waals surface area contributed by atoms with Gasteiger partial charge in [0.15, 0.2) is 12.2 Å². The van der Waals surface area contributed by atoms with Crippen molar-refractivity contribution in [1.82, 2.24) is 0 Å². The van der Waals surface area contributed by atoms with Crippen LogP contribution in [0.2, 0.25) is 0 Å². The van der Waals surface area contributed by atoms with E-state index in [0.717, 1.165) is 6.92 Å². The standard InChI is InChI=1S/C21H24O8/c1-11(2)20(25)29-19-17-12(3)21(26)28-16(17)8-14(9-22)6-5-7-15(10-23)18(19)27-13(4)24/h7-8,10,16-19,22H,1,3,5-6,9H2,2,4H3/b14-8-,15-7-/t16-,17-,18-,19+/m0/s1. The first-order valence-corrected chi connectivity index (χ1v) is 9.08. The first-order chi connectivity index (χ1) is 13.7. The maximum Gasteiger partial charge on any atom is 0.334 e. The molecule has 156 valence electrons. The second-order valence-electron chi connectivity index (χ2n) is 6.94. The van der Waals surface area contributed by atoms with E-state index in [2.05, 4.69) is 13.2 Å². The Morgan fingerprint density at radius 3 is 2.59 bits per heavy atom. The molecule has 4 atom stereocenters. The van der Waals surface area contributed by atoms with Crippen molar-refractivity contribution in [2.75, 3.05) is 6.61 Å². The van der Waals surface area contributed by atoms with Crippen LogP contribution in [-0.2, 0) is 33.4 Å². The fourth-order valence-electron chi connectivity index (χ4n) is 3.28. The fraction of sp³-hybridized carbons (Fsp3) is 0.429. The minimum absolute atomic E-state index is 0.00558. The summed E-state index contributed by atoms with van der Waals surface area (Å²) in [5, 5.41) is 9.61. The van der Waals surface area contributed by atoms with E-state index in [0.29, 0.717) is 24.7 Å². The lowest BCUT2D eigenvalue weighted by atomic mass is 9.83. The van der Waals surface area contributed by atoms with Gasteiger partial charge in [0, 0.05) is 23.6 Å². The average Bonchev–Trinajstić information content (AvgIpc) is 2.93. The van der Waals surface area contributed by atoms with Gasteiger partial charge < -0.3 is 19.3 Å². The highest BCUT2D eigenvalue weighted by Crippen LogP contribution is 2.37. The highest BCUT2D eigenvalue weighted by Gasteiger charge is 2.49. The minimum Gasteiger partial charge on any atom is -0.454 e. The second kappa shape index (κ2) is 9.47. The Bertz CT molecular complexity index is 803. The van der Waals surface area contributed by atoms with Crippen molar-refractivity contribution >= 4 is 24.2 Å². The Kier molecular flexibility index (Phi) is 7.28. The van der Waals surface area contributed by atoms with E-state index < -0.39 is 42.1 Å². The van der Waals surface area contributed by atoms with E-state index in [1.807, 2.05) is 0 Å². The number of carbonyl (C=O) groups is 4. The summed E-state index contributed by atoms with van der Waals surface area (Å²) in [6, 6.07) is 0. The summed E-state index contributed by atoms with van der Waals surface area (Å²) in [6.45, 7) is 9.59. The van der Waals surface area contributed by atoms with Crippen molar-refractivity contribution < 1.29 is 38.5 Å². The quantitative estimate of drug-likeness (QED) is 0.240. The van der Waals surface area contributed by atoms with Crippen LogP contribution < -0.4 is 0 Å². The topological polar surface area (TPSA) is 116 Å². The van der Waals surface area contributed by atoms with Gasteiger partial charge in [0.2, 0.25) is 0 Å². The number of hydrogen-bond acceptors (Lipinski definition) is 8. The molecule has 0 spiro atoms. The third kappa shape index (κ3) is 5.08. The molecule has 0 aromatic heterocycles. The predicted molar refractivity (Wildman–Crippen MR) is 101 cm³/mol. The zero-order valence-corrected chi connectivity index (χ0v) is 16.4. The molecular weight excluding hydrogens is 380 g/mol. The average molecular weight is 404 g/mol. The van der Waals surface area contributed by atoms with Crippen molar-refractivity contribution in [3.63, 3.8) is 0 Å². The lowest BCUT2D eigenvalue weighted by Gasteiger charge is -2.33. The lowest BCUT2D eigenvalue weighted by Crippen LogP contribution is -2.45. The molecule has 1 fully saturated rings.